The van der Waals surface area contributed by atoms with Crippen molar-refractivity contribution >= 4 is 17.5 Å². The van der Waals surface area contributed by atoms with E-state index in [-0.39, 0.29) is 12.5 Å². The summed E-state index contributed by atoms with van der Waals surface area (Å²) in [6, 6.07) is 5.28. The zero-order valence-corrected chi connectivity index (χ0v) is 10.8. The summed E-state index contributed by atoms with van der Waals surface area (Å²) in [6.07, 6.45) is 1.04. The van der Waals surface area contributed by atoms with Crippen LogP contribution in [0.2, 0.25) is 5.02 Å². The van der Waals surface area contributed by atoms with E-state index in [0.717, 1.165) is 6.42 Å². The Labute approximate surface area is 111 Å². The van der Waals surface area contributed by atoms with Crippen LogP contribution in [0.1, 0.15) is 29.3 Å². The van der Waals surface area contributed by atoms with Crippen LogP contribution in [0.25, 0.3) is 0 Å². The Morgan fingerprint density at radius 1 is 1.61 bits per heavy atom. The number of benzene rings is 1. The number of hydrogen-bond acceptors (Lipinski definition) is 2. The van der Waals surface area contributed by atoms with E-state index in [4.69, 9.17) is 16.7 Å². The molecule has 1 aromatic carbocycles. The molecule has 0 aromatic heterocycles. The van der Waals surface area contributed by atoms with Crippen molar-refractivity contribution < 1.29 is 9.90 Å². The van der Waals surface area contributed by atoms with Gasteiger partial charge in [0.15, 0.2) is 0 Å². The zero-order valence-electron chi connectivity index (χ0n) is 10.0. The summed E-state index contributed by atoms with van der Waals surface area (Å²) < 4.78 is 0. The number of hydrogen-bond donors (Lipinski definition) is 2. The van der Waals surface area contributed by atoms with Crippen LogP contribution in [0.15, 0.2) is 18.2 Å². The summed E-state index contributed by atoms with van der Waals surface area (Å²) >= 11 is 6.03. The van der Waals surface area contributed by atoms with Gasteiger partial charge in [0.25, 0.3) is 5.91 Å². The van der Waals surface area contributed by atoms with Crippen molar-refractivity contribution in [3.05, 3.63) is 34.3 Å². The number of amides is 1. The largest absolute Gasteiger partial charge is 0.384 e. The fourth-order valence-electron chi connectivity index (χ4n) is 1.67. The molecule has 0 heterocycles. The number of carbonyl (C=O) groups is 1. The molecule has 0 spiro atoms. The SMILES string of the molecule is CC1CC1NC(=O)c1ccc(C#CCO)c(Cl)c1. The second-order valence-corrected chi connectivity index (χ2v) is 4.85. The molecule has 0 bridgehead atoms. The minimum Gasteiger partial charge on any atom is -0.384 e. The Bertz CT molecular complexity index is 530. The molecule has 94 valence electrons. The van der Waals surface area contributed by atoms with Crippen LogP contribution < -0.4 is 5.32 Å². The lowest BCUT2D eigenvalue weighted by molar-refractivity contribution is 0.0949. The van der Waals surface area contributed by atoms with E-state index in [1.165, 1.54) is 0 Å². The Morgan fingerprint density at radius 3 is 2.89 bits per heavy atom. The normalized spacial score (nSPS) is 20.8. The molecule has 0 radical (unpaired) electrons. The standard InChI is InChI=1S/C14H14ClNO2/c1-9-7-13(9)16-14(18)11-5-4-10(3-2-6-17)12(15)8-11/h4-5,8-9,13,17H,6-7H2,1H3,(H,16,18). The molecule has 4 heteroatoms. The van der Waals surface area contributed by atoms with Gasteiger partial charge in [0.2, 0.25) is 0 Å². The first-order chi connectivity index (χ1) is 8.61. The van der Waals surface area contributed by atoms with Crippen molar-refractivity contribution in [2.75, 3.05) is 6.61 Å². The van der Waals surface area contributed by atoms with Gasteiger partial charge in [-0.3, -0.25) is 4.79 Å². The van der Waals surface area contributed by atoms with E-state index >= 15 is 0 Å². The molecule has 2 rings (SSSR count). The van der Waals surface area contributed by atoms with Gasteiger partial charge in [0.1, 0.15) is 6.61 Å². The first-order valence-corrected chi connectivity index (χ1v) is 6.19. The highest BCUT2D eigenvalue weighted by molar-refractivity contribution is 6.32. The molecule has 2 atom stereocenters. The second-order valence-electron chi connectivity index (χ2n) is 4.45. The predicted molar refractivity (Wildman–Crippen MR) is 70.5 cm³/mol. The van der Waals surface area contributed by atoms with Crippen LogP contribution in [0, 0.1) is 17.8 Å². The van der Waals surface area contributed by atoms with Crippen LogP contribution in [-0.2, 0) is 0 Å². The first-order valence-electron chi connectivity index (χ1n) is 5.82. The molecule has 1 fully saturated rings. The molecule has 0 aliphatic heterocycles. The van der Waals surface area contributed by atoms with Gasteiger partial charge >= 0.3 is 0 Å². The number of aliphatic hydroxyl groups excluding tert-OH is 1. The Morgan fingerprint density at radius 2 is 2.33 bits per heavy atom. The second kappa shape index (κ2) is 5.43. The van der Waals surface area contributed by atoms with Crippen molar-refractivity contribution in [3.8, 4) is 11.8 Å². The minimum absolute atomic E-state index is 0.104. The van der Waals surface area contributed by atoms with Gasteiger partial charge in [0, 0.05) is 17.2 Å². The number of rotatable bonds is 2. The highest BCUT2D eigenvalue weighted by atomic mass is 35.5. The van der Waals surface area contributed by atoms with Gasteiger partial charge in [-0.15, -0.1) is 0 Å². The van der Waals surface area contributed by atoms with E-state index in [0.29, 0.717) is 28.1 Å². The highest BCUT2D eigenvalue weighted by Crippen LogP contribution is 2.29. The molecule has 1 aromatic rings. The average molecular weight is 264 g/mol. The predicted octanol–water partition coefficient (Wildman–Crippen LogP) is 1.82. The van der Waals surface area contributed by atoms with Crippen molar-refractivity contribution in [3.63, 3.8) is 0 Å². The van der Waals surface area contributed by atoms with E-state index < -0.39 is 0 Å². The molecule has 2 N–H and O–H groups in total. The van der Waals surface area contributed by atoms with Gasteiger partial charge in [-0.25, -0.2) is 0 Å². The number of halogens is 1. The maximum Gasteiger partial charge on any atom is 0.251 e. The summed E-state index contributed by atoms with van der Waals surface area (Å²) in [5.74, 6) is 5.71. The lowest BCUT2D eigenvalue weighted by Gasteiger charge is -2.05. The van der Waals surface area contributed by atoms with Gasteiger partial charge in [-0.2, -0.15) is 0 Å². The average Bonchev–Trinajstić information content (AvgIpc) is 3.03. The molecule has 18 heavy (non-hydrogen) atoms. The first kappa shape index (κ1) is 12.9. The highest BCUT2D eigenvalue weighted by Gasteiger charge is 2.33. The fraction of sp³-hybridized carbons (Fsp3) is 0.357. The summed E-state index contributed by atoms with van der Waals surface area (Å²) in [5, 5.41) is 12.0. The number of carbonyl (C=O) groups excluding carboxylic acids is 1. The van der Waals surface area contributed by atoms with Crippen LogP contribution >= 0.6 is 11.6 Å². The monoisotopic (exact) mass is 263 g/mol. The zero-order chi connectivity index (χ0) is 13.1. The van der Waals surface area contributed by atoms with Crippen LogP contribution in [0.5, 0.6) is 0 Å². The fourth-order valence-corrected chi connectivity index (χ4v) is 1.90. The lowest BCUT2D eigenvalue weighted by atomic mass is 10.1. The molecular formula is C14H14ClNO2. The van der Waals surface area contributed by atoms with Gasteiger partial charge in [-0.1, -0.05) is 30.4 Å². The maximum absolute atomic E-state index is 11.9. The third-order valence-electron chi connectivity index (χ3n) is 2.96. The summed E-state index contributed by atoms with van der Waals surface area (Å²) in [5.41, 5.74) is 1.15. The molecule has 1 aliphatic rings. The summed E-state index contributed by atoms with van der Waals surface area (Å²) in [4.78, 5) is 11.9. The minimum atomic E-state index is -0.210. The molecule has 3 nitrogen and oxygen atoms in total. The van der Waals surface area contributed by atoms with Crippen LogP contribution in [-0.4, -0.2) is 23.7 Å². The van der Waals surface area contributed by atoms with Crippen molar-refractivity contribution in [1.82, 2.24) is 5.32 Å². The van der Waals surface area contributed by atoms with Gasteiger partial charge in [-0.05, 0) is 30.5 Å². The molecule has 0 saturated heterocycles. The van der Waals surface area contributed by atoms with Crippen molar-refractivity contribution in [2.45, 2.75) is 19.4 Å². The molecule has 2 unspecified atom stereocenters. The van der Waals surface area contributed by atoms with E-state index in [1.807, 2.05) is 0 Å². The Hall–Kier alpha value is -1.50. The molecule has 1 amide bonds. The molecule has 1 aliphatic carbocycles. The molecule has 1 saturated carbocycles. The van der Waals surface area contributed by atoms with Crippen LogP contribution in [0.3, 0.4) is 0 Å². The van der Waals surface area contributed by atoms with E-state index in [9.17, 15) is 4.79 Å². The van der Waals surface area contributed by atoms with E-state index in [1.54, 1.807) is 18.2 Å². The maximum atomic E-state index is 11.9. The Kier molecular flexibility index (Phi) is 3.90. The van der Waals surface area contributed by atoms with Crippen molar-refractivity contribution in [1.29, 1.82) is 0 Å². The quantitative estimate of drug-likeness (QED) is 0.800. The third kappa shape index (κ3) is 3.04. The smallest absolute Gasteiger partial charge is 0.251 e. The lowest BCUT2D eigenvalue weighted by Crippen LogP contribution is -2.26. The number of aliphatic hydroxyl groups is 1. The van der Waals surface area contributed by atoms with E-state index in [2.05, 4.69) is 24.1 Å². The molecular weight excluding hydrogens is 250 g/mol. The Balaban J connectivity index is 2.10. The van der Waals surface area contributed by atoms with Crippen molar-refractivity contribution in [2.24, 2.45) is 5.92 Å². The third-order valence-corrected chi connectivity index (χ3v) is 3.27. The topological polar surface area (TPSA) is 49.3 Å². The van der Waals surface area contributed by atoms with Gasteiger partial charge < -0.3 is 10.4 Å². The van der Waals surface area contributed by atoms with Crippen LogP contribution in [0.4, 0.5) is 0 Å². The summed E-state index contributed by atoms with van der Waals surface area (Å²) in [7, 11) is 0. The summed E-state index contributed by atoms with van der Waals surface area (Å²) in [6.45, 7) is 1.89. The van der Waals surface area contributed by atoms with Gasteiger partial charge in [0.05, 0.1) is 5.02 Å². The number of nitrogens with one attached hydrogen (secondary N) is 1.